The Morgan fingerprint density at radius 1 is 0.893 bits per heavy atom. The molecule has 28 heavy (non-hydrogen) atoms. The molecule has 0 spiro atoms. The van der Waals surface area contributed by atoms with Crippen LogP contribution in [0.15, 0.2) is 24.3 Å². The molecule has 150 valence electrons. The predicted molar refractivity (Wildman–Crippen MR) is 112 cm³/mol. The molecule has 2 nitrogen and oxygen atoms in total. The second-order valence-corrected chi connectivity index (χ2v) is 11.1. The maximum atomic E-state index is 10.6. The van der Waals surface area contributed by atoms with Gasteiger partial charge >= 0.3 is 0 Å². The fourth-order valence-electron chi connectivity index (χ4n) is 8.42. The normalized spacial score (nSPS) is 47.5. The highest BCUT2D eigenvalue weighted by molar-refractivity contribution is 5.34. The molecule has 0 aromatic heterocycles. The van der Waals surface area contributed by atoms with Crippen molar-refractivity contribution in [3.63, 3.8) is 0 Å². The smallest absolute Gasteiger partial charge is 0.0991 e. The lowest BCUT2D eigenvalue weighted by Gasteiger charge is -2.57. The average molecular weight is 378 g/mol. The van der Waals surface area contributed by atoms with Crippen molar-refractivity contribution < 1.29 is 5.11 Å². The third-order valence-corrected chi connectivity index (χ3v) is 9.68. The topological polar surface area (TPSA) is 44.0 Å². The number of hydrogen-bond donors (Lipinski definition) is 1. The first-order chi connectivity index (χ1) is 13.4. The first-order valence-corrected chi connectivity index (χ1v) is 11.6. The molecule has 8 atom stereocenters. The molecule has 4 aliphatic rings. The van der Waals surface area contributed by atoms with E-state index in [1.807, 2.05) is 12.1 Å². The molecular weight excluding hydrogens is 342 g/mol. The molecule has 0 amide bonds. The number of nitriles is 1. The number of nitrogens with zero attached hydrogens (tertiary/aromatic N) is 1. The summed E-state index contributed by atoms with van der Waals surface area (Å²) in [5, 5.41) is 19.7. The summed E-state index contributed by atoms with van der Waals surface area (Å²) in [4.78, 5) is 0. The van der Waals surface area contributed by atoms with Gasteiger partial charge in [0.05, 0.1) is 17.2 Å². The molecule has 1 aromatic rings. The van der Waals surface area contributed by atoms with E-state index in [-0.39, 0.29) is 0 Å². The van der Waals surface area contributed by atoms with Crippen LogP contribution in [0, 0.1) is 46.3 Å². The van der Waals surface area contributed by atoms with Crippen molar-refractivity contribution in [3.8, 4) is 6.07 Å². The van der Waals surface area contributed by atoms with E-state index in [1.165, 1.54) is 50.5 Å². The van der Waals surface area contributed by atoms with E-state index in [0.29, 0.717) is 11.3 Å². The molecule has 4 saturated carbocycles. The van der Waals surface area contributed by atoms with Gasteiger partial charge < -0.3 is 5.11 Å². The molecule has 0 radical (unpaired) electrons. The minimum absolute atomic E-state index is 0.411. The van der Waals surface area contributed by atoms with Gasteiger partial charge in [-0.3, -0.25) is 0 Å². The highest BCUT2D eigenvalue weighted by atomic mass is 16.3. The van der Waals surface area contributed by atoms with Gasteiger partial charge in [-0.05, 0) is 123 Å². The molecule has 1 aromatic carbocycles. The fourth-order valence-corrected chi connectivity index (χ4v) is 8.42. The first kappa shape index (κ1) is 18.7. The van der Waals surface area contributed by atoms with Crippen LogP contribution in [0.5, 0.6) is 0 Å². The van der Waals surface area contributed by atoms with E-state index >= 15 is 0 Å². The van der Waals surface area contributed by atoms with Gasteiger partial charge in [-0.15, -0.1) is 0 Å². The Morgan fingerprint density at radius 2 is 1.64 bits per heavy atom. The standard InChI is InChI=1S/C26H35NO/c1-25(28)13-11-20-19(15-25)7-8-22-21(20)12-14-26(2)23(9-10-24(22)26)18-5-3-17(16-27)4-6-18/h3-6,19-24,28H,7-15H2,1-2H3/t19-,20+,21-,22-,23-,24+,25-,26-/m1/s1. The molecule has 0 saturated heterocycles. The zero-order valence-corrected chi connectivity index (χ0v) is 17.5. The minimum atomic E-state index is -0.411. The van der Waals surface area contributed by atoms with Crippen molar-refractivity contribution in [2.24, 2.45) is 35.0 Å². The minimum Gasteiger partial charge on any atom is -0.390 e. The first-order valence-electron chi connectivity index (χ1n) is 11.6. The Hall–Kier alpha value is -1.33. The molecule has 0 unspecified atom stereocenters. The van der Waals surface area contributed by atoms with Crippen molar-refractivity contribution in [2.45, 2.75) is 83.2 Å². The summed E-state index contributed by atoms with van der Waals surface area (Å²) >= 11 is 0. The van der Waals surface area contributed by atoms with Crippen molar-refractivity contribution in [1.82, 2.24) is 0 Å². The van der Waals surface area contributed by atoms with E-state index in [1.54, 1.807) is 0 Å². The molecule has 0 heterocycles. The Morgan fingerprint density at radius 3 is 2.39 bits per heavy atom. The maximum absolute atomic E-state index is 10.6. The highest BCUT2D eigenvalue weighted by Gasteiger charge is 2.57. The Bertz CT molecular complexity index is 775. The van der Waals surface area contributed by atoms with E-state index < -0.39 is 5.60 Å². The summed E-state index contributed by atoms with van der Waals surface area (Å²) in [6.45, 7) is 4.65. The molecule has 0 aliphatic heterocycles. The van der Waals surface area contributed by atoms with Gasteiger partial charge in [0.15, 0.2) is 0 Å². The van der Waals surface area contributed by atoms with Gasteiger partial charge in [-0.2, -0.15) is 5.26 Å². The predicted octanol–water partition coefficient (Wildman–Crippen LogP) is 6.05. The quantitative estimate of drug-likeness (QED) is 0.648. The third-order valence-electron chi connectivity index (χ3n) is 9.68. The summed E-state index contributed by atoms with van der Waals surface area (Å²) in [5.74, 6) is 4.99. The van der Waals surface area contributed by atoms with Gasteiger partial charge in [0, 0.05) is 0 Å². The van der Waals surface area contributed by atoms with Crippen molar-refractivity contribution in [2.75, 3.05) is 0 Å². The summed E-state index contributed by atoms with van der Waals surface area (Å²) < 4.78 is 0. The van der Waals surface area contributed by atoms with Crippen LogP contribution in [-0.2, 0) is 0 Å². The molecule has 4 aliphatic carbocycles. The summed E-state index contributed by atoms with van der Waals surface area (Å²) in [6.07, 6.45) is 11.5. The van der Waals surface area contributed by atoms with Crippen LogP contribution in [0.25, 0.3) is 0 Å². The molecule has 2 heteroatoms. The van der Waals surface area contributed by atoms with Crippen molar-refractivity contribution >= 4 is 0 Å². The zero-order chi connectivity index (χ0) is 19.5. The largest absolute Gasteiger partial charge is 0.390 e. The molecule has 0 bridgehead atoms. The fraction of sp³-hybridized carbons (Fsp3) is 0.731. The summed E-state index contributed by atoms with van der Waals surface area (Å²) in [5.41, 5.74) is 2.26. The second-order valence-electron chi connectivity index (χ2n) is 11.1. The Balaban J connectivity index is 1.37. The molecule has 4 fully saturated rings. The van der Waals surface area contributed by atoms with E-state index in [0.717, 1.165) is 48.0 Å². The van der Waals surface area contributed by atoms with E-state index in [2.05, 4.69) is 32.0 Å². The number of rotatable bonds is 1. The van der Waals surface area contributed by atoms with Crippen molar-refractivity contribution in [1.29, 1.82) is 5.26 Å². The van der Waals surface area contributed by atoms with Crippen LogP contribution in [0.1, 0.15) is 88.7 Å². The monoisotopic (exact) mass is 377 g/mol. The van der Waals surface area contributed by atoms with Gasteiger partial charge in [0.1, 0.15) is 0 Å². The lowest BCUT2D eigenvalue weighted by molar-refractivity contribution is -0.0958. The number of fused-ring (bicyclic) bond motifs is 5. The number of aliphatic hydroxyl groups is 1. The Labute approximate surface area is 170 Å². The lowest BCUT2D eigenvalue weighted by Crippen LogP contribution is -2.50. The average Bonchev–Trinajstić information content (AvgIpc) is 3.04. The summed E-state index contributed by atoms with van der Waals surface area (Å²) in [7, 11) is 0. The van der Waals surface area contributed by atoms with Gasteiger partial charge in [-0.1, -0.05) is 19.1 Å². The van der Waals surface area contributed by atoms with Crippen LogP contribution < -0.4 is 0 Å². The van der Waals surface area contributed by atoms with Crippen LogP contribution in [0.4, 0.5) is 0 Å². The molecule has 5 rings (SSSR count). The Kier molecular flexibility index (Phi) is 4.40. The van der Waals surface area contributed by atoms with Gasteiger partial charge in [0.2, 0.25) is 0 Å². The van der Waals surface area contributed by atoms with Gasteiger partial charge in [-0.25, -0.2) is 0 Å². The van der Waals surface area contributed by atoms with Crippen LogP contribution >= 0.6 is 0 Å². The number of hydrogen-bond acceptors (Lipinski definition) is 2. The van der Waals surface area contributed by atoms with Crippen LogP contribution in [0.3, 0.4) is 0 Å². The number of benzene rings is 1. The van der Waals surface area contributed by atoms with E-state index in [9.17, 15) is 5.11 Å². The maximum Gasteiger partial charge on any atom is 0.0991 e. The highest BCUT2D eigenvalue weighted by Crippen LogP contribution is 2.66. The SMILES string of the molecule is C[C@@]1(O)CC[C@H]2[C@H](CC[C@@H]3[C@@H]2CC[C@]2(C)[C@@H](c4ccc(C#N)cc4)CC[C@@H]32)C1. The zero-order valence-electron chi connectivity index (χ0n) is 17.5. The third kappa shape index (κ3) is 2.85. The lowest BCUT2D eigenvalue weighted by atomic mass is 9.49. The molecular formula is C26H35NO. The van der Waals surface area contributed by atoms with Gasteiger partial charge in [0.25, 0.3) is 0 Å². The second kappa shape index (κ2) is 6.60. The van der Waals surface area contributed by atoms with E-state index in [4.69, 9.17) is 5.26 Å². The molecule has 1 N–H and O–H groups in total. The van der Waals surface area contributed by atoms with Crippen LogP contribution in [0.2, 0.25) is 0 Å². The summed E-state index contributed by atoms with van der Waals surface area (Å²) in [6, 6.07) is 10.7. The van der Waals surface area contributed by atoms with Crippen molar-refractivity contribution in [3.05, 3.63) is 35.4 Å². The van der Waals surface area contributed by atoms with Crippen LogP contribution in [-0.4, -0.2) is 10.7 Å².